The lowest BCUT2D eigenvalue weighted by Gasteiger charge is -2.29. The molecule has 2 fully saturated rings. The normalized spacial score (nSPS) is 36.1. The summed E-state index contributed by atoms with van der Waals surface area (Å²) < 4.78 is 0. The molecule has 3 rings (SSSR count). The van der Waals surface area contributed by atoms with Crippen LogP contribution in [0.1, 0.15) is 32.1 Å². The first-order valence-corrected chi connectivity index (χ1v) is 7.68. The maximum atomic E-state index is 10.8. The second kappa shape index (κ2) is 4.66. The van der Waals surface area contributed by atoms with Gasteiger partial charge in [0.05, 0.1) is 5.60 Å². The van der Waals surface area contributed by atoms with Gasteiger partial charge >= 0.3 is 0 Å². The molecule has 17 heavy (non-hydrogen) atoms. The summed E-state index contributed by atoms with van der Waals surface area (Å²) in [6, 6.07) is 10.6. The number of hydrogen-bond acceptors (Lipinski definition) is 2. The van der Waals surface area contributed by atoms with Gasteiger partial charge in [-0.25, -0.2) is 0 Å². The molecular formula is C15H20OS. The fourth-order valence-corrected chi connectivity index (χ4v) is 4.81. The summed E-state index contributed by atoms with van der Waals surface area (Å²) in [5.74, 6) is 2.20. The summed E-state index contributed by atoms with van der Waals surface area (Å²) >= 11 is 1.91. The minimum absolute atomic E-state index is 0.318. The summed E-state index contributed by atoms with van der Waals surface area (Å²) in [6.45, 7) is 0. The van der Waals surface area contributed by atoms with Crippen molar-refractivity contribution in [2.75, 3.05) is 5.75 Å². The molecule has 2 saturated carbocycles. The molecular weight excluding hydrogens is 228 g/mol. The summed E-state index contributed by atoms with van der Waals surface area (Å²) in [5.41, 5.74) is -0.318. The van der Waals surface area contributed by atoms with E-state index in [4.69, 9.17) is 0 Å². The third-order valence-electron chi connectivity index (χ3n) is 4.60. The highest BCUT2D eigenvalue weighted by Gasteiger charge is 2.50. The van der Waals surface area contributed by atoms with Crippen molar-refractivity contribution in [2.45, 2.75) is 42.6 Å². The Morgan fingerprint density at radius 2 is 2.00 bits per heavy atom. The van der Waals surface area contributed by atoms with Crippen LogP contribution < -0.4 is 0 Å². The molecule has 1 unspecified atom stereocenters. The number of rotatable bonds is 3. The van der Waals surface area contributed by atoms with E-state index in [2.05, 4.69) is 30.3 Å². The zero-order valence-electron chi connectivity index (χ0n) is 10.1. The first-order valence-electron chi connectivity index (χ1n) is 6.69. The molecule has 2 heteroatoms. The van der Waals surface area contributed by atoms with Crippen LogP contribution in [0.15, 0.2) is 35.2 Å². The van der Waals surface area contributed by atoms with Crippen LogP contribution in [0.4, 0.5) is 0 Å². The van der Waals surface area contributed by atoms with Gasteiger partial charge in [-0.15, -0.1) is 11.8 Å². The third kappa shape index (κ3) is 2.13. The lowest BCUT2D eigenvalue weighted by atomic mass is 9.88. The fraction of sp³-hybridized carbons (Fsp3) is 0.600. The van der Waals surface area contributed by atoms with E-state index in [0.717, 1.165) is 12.2 Å². The molecule has 0 aliphatic heterocycles. The Morgan fingerprint density at radius 1 is 1.18 bits per heavy atom. The van der Waals surface area contributed by atoms with Gasteiger partial charge in [-0.3, -0.25) is 0 Å². The molecule has 0 amide bonds. The summed E-state index contributed by atoms with van der Waals surface area (Å²) in [6.07, 6.45) is 5.99. The molecule has 2 aliphatic carbocycles. The van der Waals surface area contributed by atoms with E-state index in [-0.39, 0.29) is 5.60 Å². The maximum Gasteiger partial charge on any atom is 0.0711 e. The fourth-order valence-electron chi connectivity index (χ4n) is 3.61. The summed E-state index contributed by atoms with van der Waals surface area (Å²) in [5, 5.41) is 10.8. The average molecular weight is 248 g/mol. The molecule has 0 saturated heterocycles. The van der Waals surface area contributed by atoms with Crippen molar-refractivity contribution in [3.05, 3.63) is 30.3 Å². The zero-order chi connectivity index (χ0) is 11.7. The molecule has 0 bridgehead atoms. The molecule has 0 heterocycles. The number of fused-ring (bicyclic) bond motifs is 1. The van der Waals surface area contributed by atoms with Crippen LogP contribution >= 0.6 is 11.8 Å². The van der Waals surface area contributed by atoms with Gasteiger partial charge in [-0.05, 0) is 49.7 Å². The van der Waals surface area contributed by atoms with Gasteiger partial charge in [0.15, 0.2) is 0 Å². The number of thioether (sulfide) groups is 1. The van der Waals surface area contributed by atoms with Crippen molar-refractivity contribution in [3.63, 3.8) is 0 Å². The van der Waals surface area contributed by atoms with Crippen LogP contribution in [-0.4, -0.2) is 16.5 Å². The second-order valence-corrected chi connectivity index (χ2v) is 6.57. The van der Waals surface area contributed by atoms with Crippen molar-refractivity contribution in [2.24, 2.45) is 11.8 Å². The topological polar surface area (TPSA) is 20.2 Å². The van der Waals surface area contributed by atoms with Crippen molar-refractivity contribution in [1.29, 1.82) is 0 Å². The van der Waals surface area contributed by atoms with E-state index in [1.54, 1.807) is 0 Å². The molecule has 92 valence electrons. The van der Waals surface area contributed by atoms with Crippen molar-refractivity contribution >= 4 is 11.8 Å². The highest BCUT2D eigenvalue weighted by atomic mass is 32.2. The van der Waals surface area contributed by atoms with Crippen molar-refractivity contribution < 1.29 is 5.11 Å². The van der Waals surface area contributed by atoms with Gasteiger partial charge in [0.25, 0.3) is 0 Å². The van der Waals surface area contributed by atoms with Gasteiger partial charge in [0.1, 0.15) is 0 Å². The summed E-state index contributed by atoms with van der Waals surface area (Å²) in [7, 11) is 0. The molecule has 1 aromatic rings. The van der Waals surface area contributed by atoms with Crippen LogP contribution in [-0.2, 0) is 0 Å². The molecule has 0 radical (unpaired) electrons. The number of hydrogen-bond donors (Lipinski definition) is 1. The van der Waals surface area contributed by atoms with Gasteiger partial charge in [0, 0.05) is 10.6 Å². The van der Waals surface area contributed by atoms with Gasteiger partial charge in [0.2, 0.25) is 0 Å². The van der Waals surface area contributed by atoms with Gasteiger partial charge in [-0.1, -0.05) is 24.6 Å². The second-order valence-electron chi connectivity index (χ2n) is 5.48. The molecule has 3 atom stereocenters. The first kappa shape index (κ1) is 11.6. The standard InChI is InChI=1S/C15H20OS/c16-15-10-4-5-12(15)8-9-13(15)11-17-14-6-2-1-3-7-14/h1-3,6-7,12-13,16H,4-5,8-11H2/t12?,13-,15+/m0/s1. The Hall–Kier alpha value is -0.470. The number of aliphatic hydroxyl groups is 1. The van der Waals surface area contributed by atoms with Crippen LogP contribution in [0.5, 0.6) is 0 Å². The van der Waals surface area contributed by atoms with Crippen molar-refractivity contribution in [1.82, 2.24) is 0 Å². The van der Waals surface area contributed by atoms with Crippen LogP contribution in [0.2, 0.25) is 0 Å². The van der Waals surface area contributed by atoms with E-state index in [0.29, 0.717) is 11.8 Å². The molecule has 1 aromatic carbocycles. The highest BCUT2D eigenvalue weighted by molar-refractivity contribution is 7.99. The molecule has 0 aromatic heterocycles. The molecule has 1 N–H and O–H groups in total. The van der Waals surface area contributed by atoms with Crippen molar-refractivity contribution in [3.8, 4) is 0 Å². The Balaban J connectivity index is 1.63. The molecule has 2 aliphatic rings. The lowest BCUT2D eigenvalue weighted by molar-refractivity contribution is -0.0104. The van der Waals surface area contributed by atoms with E-state index in [9.17, 15) is 5.11 Å². The minimum Gasteiger partial charge on any atom is -0.389 e. The third-order valence-corrected chi connectivity index (χ3v) is 5.78. The Bertz CT molecular complexity index is 378. The number of benzene rings is 1. The first-order chi connectivity index (χ1) is 8.29. The molecule has 0 spiro atoms. The predicted molar refractivity (Wildman–Crippen MR) is 72.2 cm³/mol. The van der Waals surface area contributed by atoms with E-state index >= 15 is 0 Å². The lowest BCUT2D eigenvalue weighted by Crippen LogP contribution is -2.36. The zero-order valence-corrected chi connectivity index (χ0v) is 11.0. The van der Waals surface area contributed by atoms with Gasteiger partial charge in [-0.2, -0.15) is 0 Å². The predicted octanol–water partition coefficient (Wildman–Crippen LogP) is 3.72. The molecule has 1 nitrogen and oxygen atoms in total. The van der Waals surface area contributed by atoms with E-state index in [1.165, 1.54) is 30.6 Å². The Kier molecular flexibility index (Phi) is 3.18. The van der Waals surface area contributed by atoms with E-state index < -0.39 is 0 Å². The van der Waals surface area contributed by atoms with Crippen LogP contribution in [0.3, 0.4) is 0 Å². The summed E-state index contributed by atoms with van der Waals surface area (Å²) in [4.78, 5) is 1.33. The Labute approximate surface area is 108 Å². The minimum atomic E-state index is -0.318. The van der Waals surface area contributed by atoms with Gasteiger partial charge < -0.3 is 5.11 Å². The highest BCUT2D eigenvalue weighted by Crippen LogP contribution is 2.51. The van der Waals surface area contributed by atoms with E-state index in [1.807, 2.05) is 11.8 Å². The monoisotopic (exact) mass is 248 g/mol. The van der Waals surface area contributed by atoms with Crippen LogP contribution in [0.25, 0.3) is 0 Å². The maximum absolute atomic E-state index is 10.8. The van der Waals surface area contributed by atoms with Crippen LogP contribution in [0, 0.1) is 11.8 Å². The largest absolute Gasteiger partial charge is 0.389 e. The average Bonchev–Trinajstić information content (AvgIpc) is 2.85. The smallest absolute Gasteiger partial charge is 0.0711 e. The SMILES string of the molecule is O[C@]12CCCC1CC[C@H]2CSc1ccccc1. The quantitative estimate of drug-likeness (QED) is 0.823. The Morgan fingerprint density at radius 3 is 2.82 bits per heavy atom.